The molecule has 0 saturated heterocycles. The summed E-state index contributed by atoms with van der Waals surface area (Å²) in [6.45, 7) is 7.05. The van der Waals surface area contributed by atoms with Crippen LogP contribution >= 0.6 is 0 Å². The summed E-state index contributed by atoms with van der Waals surface area (Å²) >= 11 is 0. The lowest BCUT2D eigenvalue weighted by atomic mass is 10.1. The van der Waals surface area contributed by atoms with Crippen LogP contribution in [0, 0.1) is 5.92 Å². The van der Waals surface area contributed by atoms with Crippen molar-refractivity contribution < 1.29 is 9.59 Å². The molecule has 0 unspecified atom stereocenters. The van der Waals surface area contributed by atoms with Crippen molar-refractivity contribution in [2.75, 3.05) is 13.1 Å². The highest BCUT2D eigenvalue weighted by Crippen LogP contribution is 2.24. The van der Waals surface area contributed by atoms with Crippen LogP contribution < -0.4 is 10.6 Å². The lowest BCUT2D eigenvalue weighted by Crippen LogP contribution is -2.36. The molecule has 0 aliphatic heterocycles. The number of carbonyl (C=O) groups is 2. The quantitative estimate of drug-likeness (QED) is 0.618. The highest BCUT2D eigenvalue weighted by Gasteiger charge is 2.17. The molecule has 0 bridgehead atoms. The lowest BCUT2D eigenvalue weighted by molar-refractivity contribution is -0.123. The molecule has 3 rings (SSSR count). The number of aromatic nitrogens is 3. The number of nitrogens with zero attached hydrogens (tertiary/aromatic N) is 3. The molecule has 28 heavy (non-hydrogen) atoms. The van der Waals surface area contributed by atoms with Gasteiger partial charge in [-0.25, -0.2) is 9.67 Å². The van der Waals surface area contributed by atoms with Gasteiger partial charge in [-0.15, -0.1) is 0 Å². The Bertz CT molecular complexity index is 979. The molecule has 0 spiro atoms. The van der Waals surface area contributed by atoms with Gasteiger partial charge in [-0.05, 0) is 13.0 Å². The van der Waals surface area contributed by atoms with E-state index < -0.39 is 0 Å². The Balaban J connectivity index is 1.86. The monoisotopic (exact) mass is 379 g/mol. The number of nitrogens with one attached hydrogen (secondary N) is 2. The molecule has 7 nitrogen and oxygen atoms in total. The van der Waals surface area contributed by atoms with Gasteiger partial charge in [0.1, 0.15) is 0 Å². The van der Waals surface area contributed by atoms with Crippen molar-refractivity contribution in [2.45, 2.75) is 27.3 Å². The predicted molar refractivity (Wildman–Crippen MR) is 109 cm³/mol. The van der Waals surface area contributed by atoms with Crippen molar-refractivity contribution in [3.05, 3.63) is 48.2 Å². The van der Waals surface area contributed by atoms with E-state index in [9.17, 15) is 9.59 Å². The first kappa shape index (κ1) is 19.5. The number of carbonyl (C=O) groups excluding carboxylic acids is 2. The molecule has 0 radical (unpaired) electrons. The number of benzene rings is 1. The second-order valence-electron chi connectivity index (χ2n) is 6.82. The average molecular weight is 379 g/mol. The van der Waals surface area contributed by atoms with Gasteiger partial charge in [0.25, 0.3) is 5.91 Å². The van der Waals surface area contributed by atoms with Gasteiger partial charge in [-0.3, -0.25) is 9.59 Å². The number of amides is 2. The number of aryl methyl sites for hydroxylation is 1. The maximum atomic E-state index is 12.8. The predicted octanol–water partition coefficient (Wildman–Crippen LogP) is 2.62. The zero-order valence-corrected chi connectivity index (χ0v) is 16.4. The number of fused-ring (bicyclic) bond motifs is 1. The first-order chi connectivity index (χ1) is 13.5. The summed E-state index contributed by atoms with van der Waals surface area (Å²) in [7, 11) is 0. The number of pyridine rings is 1. The first-order valence-corrected chi connectivity index (χ1v) is 9.49. The summed E-state index contributed by atoms with van der Waals surface area (Å²) in [6.07, 6.45) is 1.68. The molecule has 3 aromatic rings. The van der Waals surface area contributed by atoms with Crippen LogP contribution in [0.15, 0.2) is 42.6 Å². The molecule has 2 heterocycles. The second kappa shape index (κ2) is 8.65. The second-order valence-corrected chi connectivity index (χ2v) is 6.82. The fourth-order valence-electron chi connectivity index (χ4n) is 2.88. The zero-order chi connectivity index (χ0) is 20.1. The maximum absolute atomic E-state index is 12.8. The van der Waals surface area contributed by atoms with Gasteiger partial charge in [0.2, 0.25) is 5.91 Å². The molecular formula is C21H25N5O2. The SMILES string of the molecule is CCn1ncc2c(C(=O)NCCNC(=O)C(C)C)cc(-c3ccccc3)nc21. The number of hydrogen-bond donors (Lipinski definition) is 2. The van der Waals surface area contributed by atoms with Gasteiger partial charge in [-0.2, -0.15) is 5.10 Å². The topological polar surface area (TPSA) is 88.9 Å². The summed E-state index contributed by atoms with van der Waals surface area (Å²) in [4.78, 5) is 29.2. The van der Waals surface area contributed by atoms with Crippen molar-refractivity contribution in [2.24, 2.45) is 5.92 Å². The van der Waals surface area contributed by atoms with Gasteiger partial charge in [-0.1, -0.05) is 44.2 Å². The van der Waals surface area contributed by atoms with Crippen LogP contribution in [-0.4, -0.2) is 39.7 Å². The first-order valence-electron chi connectivity index (χ1n) is 9.49. The Morgan fingerprint density at radius 2 is 1.82 bits per heavy atom. The van der Waals surface area contributed by atoms with Gasteiger partial charge >= 0.3 is 0 Å². The summed E-state index contributed by atoms with van der Waals surface area (Å²) in [6, 6.07) is 11.5. The number of hydrogen-bond acceptors (Lipinski definition) is 4. The van der Waals surface area contributed by atoms with Gasteiger partial charge in [0, 0.05) is 31.1 Å². The van der Waals surface area contributed by atoms with Crippen LogP contribution in [0.1, 0.15) is 31.1 Å². The molecule has 0 atom stereocenters. The van der Waals surface area contributed by atoms with Crippen LogP contribution in [0.3, 0.4) is 0 Å². The maximum Gasteiger partial charge on any atom is 0.252 e. The van der Waals surface area contributed by atoms with Crippen LogP contribution in [0.2, 0.25) is 0 Å². The molecule has 0 aliphatic carbocycles. The Labute approximate surface area is 164 Å². The van der Waals surface area contributed by atoms with E-state index in [2.05, 4.69) is 15.7 Å². The third-order valence-corrected chi connectivity index (χ3v) is 4.46. The Hall–Kier alpha value is -3.22. The Morgan fingerprint density at radius 3 is 2.50 bits per heavy atom. The normalized spacial score (nSPS) is 11.0. The van der Waals surface area contributed by atoms with Crippen LogP contribution in [-0.2, 0) is 11.3 Å². The molecule has 146 valence electrons. The molecule has 0 aliphatic rings. The van der Waals surface area contributed by atoms with E-state index in [0.717, 1.165) is 11.3 Å². The minimum atomic E-state index is -0.209. The van der Waals surface area contributed by atoms with E-state index in [1.54, 1.807) is 16.9 Å². The highest BCUT2D eigenvalue weighted by atomic mass is 16.2. The van der Waals surface area contributed by atoms with Gasteiger partial charge in [0.05, 0.1) is 22.8 Å². The minimum absolute atomic E-state index is 0.0314. The van der Waals surface area contributed by atoms with E-state index in [-0.39, 0.29) is 17.7 Å². The van der Waals surface area contributed by atoms with E-state index in [1.165, 1.54) is 0 Å². The summed E-state index contributed by atoms with van der Waals surface area (Å²) < 4.78 is 1.78. The summed E-state index contributed by atoms with van der Waals surface area (Å²) in [5, 5.41) is 10.7. The fourth-order valence-corrected chi connectivity index (χ4v) is 2.88. The van der Waals surface area contributed by atoms with Crippen LogP contribution in [0.25, 0.3) is 22.3 Å². The summed E-state index contributed by atoms with van der Waals surface area (Å²) in [5.41, 5.74) is 2.87. The fraction of sp³-hybridized carbons (Fsp3) is 0.333. The highest BCUT2D eigenvalue weighted by molar-refractivity contribution is 6.06. The zero-order valence-electron chi connectivity index (χ0n) is 16.4. The van der Waals surface area contributed by atoms with E-state index >= 15 is 0 Å². The average Bonchev–Trinajstić information content (AvgIpc) is 3.13. The standard InChI is InChI=1S/C21H25N5O2/c1-4-26-19-17(13-24-26)16(12-18(25-19)15-8-6-5-7-9-15)21(28)23-11-10-22-20(27)14(2)3/h5-9,12-14H,4,10-11H2,1-3H3,(H,22,27)(H,23,28). The van der Waals surface area contributed by atoms with Crippen LogP contribution in [0.5, 0.6) is 0 Å². The molecule has 2 N–H and O–H groups in total. The Kier molecular flexibility index (Phi) is 6.03. The van der Waals surface area contributed by atoms with Gasteiger partial charge < -0.3 is 10.6 Å². The largest absolute Gasteiger partial charge is 0.354 e. The smallest absolute Gasteiger partial charge is 0.252 e. The molecule has 7 heteroatoms. The van der Waals surface area contributed by atoms with E-state index in [1.807, 2.05) is 51.1 Å². The van der Waals surface area contributed by atoms with Crippen molar-refractivity contribution in [3.63, 3.8) is 0 Å². The van der Waals surface area contributed by atoms with Crippen LogP contribution in [0.4, 0.5) is 0 Å². The van der Waals surface area contributed by atoms with E-state index in [0.29, 0.717) is 36.2 Å². The molecule has 2 aromatic heterocycles. The minimum Gasteiger partial charge on any atom is -0.354 e. The van der Waals surface area contributed by atoms with Crippen molar-refractivity contribution in [3.8, 4) is 11.3 Å². The molecular weight excluding hydrogens is 354 g/mol. The third kappa shape index (κ3) is 4.19. The van der Waals surface area contributed by atoms with Crippen molar-refractivity contribution in [1.82, 2.24) is 25.4 Å². The molecule has 1 aromatic carbocycles. The molecule has 0 fully saturated rings. The molecule has 2 amide bonds. The van der Waals surface area contributed by atoms with Crippen molar-refractivity contribution >= 4 is 22.8 Å². The summed E-state index contributed by atoms with van der Waals surface area (Å²) in [5.74, 6) is -0.320. The molecule has 0 saturated carbocycles. The third-order valence-electron chi connectivity index (χ3n) is 4.46. The Morgan fingerprint density at radius 1 is 1.11 bits per heavy atom. The number of rotatable bonds is 7. The lowest BCUT2D eigenvalue weighted by Gasteiger charge is -2.11. The van der Waals surface area contributed by atoms with E-state index in [4.69, 9.17) is 4.98 Å². The van der Waals surface area contributed by atoms with Crippen molar-refractivity contribution in [1.29, 1.82) is 0 Å². The van der Waals surface area contributed by atoms with Gasteiger partial charge in [0.15, 0.2) is 5.65 Å².